The van der Waals surface area contributed by atoms with Crippen LogP contribution in [-0.4, -0.2) is 22.0 Å². The molecule has 5 nitrogen and oxygen atoms in total. The van der Waals surface area contributed by atoms with Gasteiger partial charge in [-0.05, 0) is 12.1 Å². The molecule has 0 bridgehead atoms. The first-order valence-electron chi connectivity index (χ1n) is 3.97. The van der Waals surface area contributed by atoms with Crippen molar-refractivity contribution in [3.63, 3.8) is 0 Å². The molecule has 2 rings (SSSR count). The van der Waals surface area contributed by atoms with Crippen LogP contribution in [0.3, 0.4) is 0 Å². The number of fused-ring (bicyclic) bond motifs is 1. The highest BCUT2D eigenvalue weighted by Gasteiger charge is 2.03. The molecule has 1 aromatic carbocycles. The van der Waals surface area contributed by atoms with Crippen LogP contribution in [0.15, 0.2) is 29.3 Å². The molecule has 14 heavy (non-hydrogen) atoms. The topological polar surface area (TPSA) is 64.3 Å². The first-order chi connectivity index (χ1) is 6.72. The normalized spacial score (nSPS) is 10.4. The fourth-order valence-corrected chi connectivity index (χ4v) is 1.25. The minimum atomic E-state index is -0.368. The first kappa shape index (κ1) is 8.55. The Balaban J connectivity index is 2.87. The molecule has 5 heteroatoms. The first-order valence-corrected chi connectivity index (χ1v) is 3.97. The number of rotatable bonds is 1. The van der Waals surface area contributed by atoms with Crippen LogP contribution >= 0.6 is 0 Å². The van der Waals surface area contributed by atoms with Gasteiger partial charge < -0.3 is 9.94 Å². The molecule has 0 saturated carbocycles. The molecule has 0 spiro atoms. The lowest BCUT2D eigenvalue weighted by Gasteiger charge is -2.04. The summed E-state index contributed by atoms with van der Waals surface area (Å²) in [6.07, 6.45) is 1.06. The number of hydrogen-bond donors (Lipinski definition) is 1. The lowest BCUT2D eigenvalue weighted by molar-refractivity contribution is 0.194. The monoisotopic (exact) mass is 192 g/mol. The number of methoxy groups -OCH3 is 1. The van der Waals surface area contributed by atoms with Crippen molar-refractivity contribution in [3.05, 3.63) is 34.9 Å². The summed E-state index contributed by atoms with van der Waals surface area (Å²) in [5.41, 5.74) is 0.0114. The Bertz CT molecular complexity index is 533. The van der Waals surface area contributed by atoms with E-state index in [4.69, 9.17) is 4.74 Å². The van der Waals surface area contributed by atoms with Crippen molar-refractivity contribution < 1.29 is 9.94 Å². The molecule has 0 saturated heterocycles. The highest BCUT2D eigenvalue weighted by molar-refractivity contribution is 5.79. The van der Waals surface area contributed by atoms with Gasteiger partial charge in [0.05, 0.1) is 18.0 Å². The Kier molecular flexibility index (Phi) is 1.85. The van der Waals surface area contributed by atoms with E-state index in [0.29, 0.717) is 16.7 Å². The van der Waals surface area contributed by atoms with Crippen molar-refractivity contribution in [2.75, 3.05) is 7.11 Å². The minimum Gasteiger partial charge on any atom is -0.497 e. The van der Waals surface area contributed by atoms with Crippen LogP contribution < -0.4 is 10.3 Å². The van der Waals surface area contributed by atoms with Gasteiger partial charge in [-0.1, -0.05) is 0 Å². The molecule has 0 radical (unpaired) electrons. The average molecular weight is 192 g/mol. The highest BCUT2D eigenvalue weighted by Crippen LogP contribution is 2.16. The second-order valence-electron chi connectivity index (χ2n) is 2.78. The molecule has 0 atom stereocenters. The molecule has 0 aliphatic rings. The van der Waals surface area contributed by atoms with E-state index < -0.39 is 0 Å². The molecule has 1 heterocycles. The third-order valence-electron chi connectivity index (χ3n) is 1.97. The standard InChI is InChI=1S/C9H8N2O3/c1-14-6-2-3-7-8(4-6)11(13)5-10-9(7)12/h2-5,13H,1H3. The maximum Gasteiger partial charge on any atom is 0.280 e. The van der Waals surface area contributed by atoms with Crippen molar-refractivity contribution in [1.82, 2.24) is 9.71 Å². The van der Waals surface area contributed by atoms with Crippen LogP contribution in [0.4, 0.5) is 0 Å². The predicted octanol–water partition coefficient (Wildman–Crippen LogP) is 0.642. The molecule has 0 aliphatic heterocycles. The van der Waals surface area contributed by atoms with Gasteiger partial charge in [0.2, 0.25) is 0 Å². The van der Waals surface area contributed by atoms with Crippen LogP contribution in [-0.2, 0) is 0 Å². The van der Waals surface area contributed by atoms with E-state index in [9.17, 15) is 10.0 Å². The van der Waals surface area contributed by atoms with E-state index in [-0.39, 0.29) is 5.56 Å². The number of benzene rings is 1. The van der Waals surface area contributed by atoms with E-state index in [1.807, 2.05) is 0 Å². The van der Waals surface area contributed by atoms with Gasteiger partial charge in [-0.3, -0.25) is 4.79 Å². The zero-order chi connectivity index (χ0) is 10.1. The van der Waals surface area contributed by atoms with E-state index >= 15 is 0 Å². The molecule has 0 amide bonds. The number of nitrogens with zero attached hydrogens (tertiary/aromatic N) is 2. The van der Waals surface area contributed by atoms with E-state index in [1.165, 1.54) is 7.11 Å². The van der Waals surface area contributed by atoms with Gasteiger partial charge >= 0.3 is 0 Å². The summed E-state index contributed by atoms with van der Waals surface area (Å²) < 4.78 is 5.76. The molecule has 0 aliphatic carbocycles. The number of hydrogen-bond acceptors (Lipinski definition) is 4. The maximum atomic E-state index is 11.3. The van der Waals surface area contributed by atoms with Gasteiger partial charge in [-0.15, -0.1) is 0 Å². The zero-order valence-corrected chi connectivity index (χ0v) is 7.47. The second-order valence-corrected chi connectivity index (χ2v) is 2.78. The van der Waals surface area contributed by atoms with Crippen molar-refractivity contribution in [3.8, 4) is 5.75 Å². The average Bonchev–Trinajstić information content (AvgIpc) is 2.23. The lowest BCUT2D eigenvalue weighted by Crippen LogP contribution is -2.10. The molecule has 0 unspecified atom stereocenters. The van der Waals surface area contributed by atoms with Gasteiger partial charge in [0, 0.05) is 6.07 Å². The number of aromatic nitrogens is 2. The van der Waals surface area contributed by atoms with Crippen molar-refractivity contribution in [1.29, 1.82) is 0 Å². The van der Waals surface area contributed by atoms with Crippen LogP contribution in [0.1, 0.15) is 0 Å². The van der Waals surface area contributed by atoms with Crippen molar-refractivity contribution in [2.24, 2.45) is 0 Å². The van der Waals surface area contributed by atoms with E-state index in [0.717, 1.165) is 11.1 Å². The predicted molar refractivity (Wildman–Crippen MR) is 49.7 cm³/mol. The fourth-order valence-electron chi connectivity index (χ4n) is 1.25. The van der Waals surface area contributed by atoms with Gasteiger partial charge in [-0.2, -0.15) is 9.71 Å². The Morgan fingerprint density at radius 2 is 2.29 bits per heavy atom. The van der Waals surface area contributed by atoms with Crippen LogP contribution in [0.5, 0.6) is 5.75 Å². The number of ether oxygens (including phenoxy) is 1. The summed E-state index contributed by atoms with van der Waals surface area (Å²) in [7, 11) is 1.52. The Morgan fingerprint density at radius 1 is 1.50 bits per heavy atom. The fraction of sp³-hybridized carbons (Fsp3) is 0.111. The minimum absolute atomic E-state index is 0.357. The van der Waals surface area contributed by atoms with Crippen LogP contribution in [0, 0.1) is 0 Å². The quantitative estimate of drug-likeness (QED) is 0.673. The summed E-state index contributed by atoms with van der Waals surface area (Å²) in [5.74, 6) is 0.575. The van der Waals surface area contributed by atoms with Crippen molar-refractivity contribution in [2.45, 2.75) is 0 Å². The molecule has 2 aromatic rings. The summed E-state index contributed by atoms with van der Waals surface area (Å²) in [6, 6.07) is 4.78. The van der Waals surface area contributed by atoms with E-state index in [1.54, 1.807) is 18.2 Å². The summed E-state index contributed by atoms with van der Waals surface area (Å²) >= 11 is 0. The van der Waals surface area contributed by atoms with Gasteiger partial charge in [0.25, 0.3) is 5.56 Å². The van der Waals surface area contributed by atoms with Crippen LogP contribution in [0.25, 0.3) is 10.9 Å². The summed E-state index contributed by atoms with van der Waals surface area (Å²) in [4.78, 5) is 14.7. The molecule has 1 N–H and O–H groups in total. The second kappa shape index (κ2) is 3.02. The SMILES string of the molecule is COc1ccc2c(=O)ncn(O)c2c1. The maximum absolute atomic E-state index is 11.3. The largest absolute Gasteiger partial charge is 0.497 e. The Labute approximate surface area is 79.2 Å². The molecule has 1 aromatic heterocycles. The summed E-state index contributed by atoms with van der Waals surface area (Å²) in [5, 5.41) is 9.73. The highest BCUT2D eigenvalue weighted by atomic mass is 16.5. The van der Waals surface area contributed by atoms with E-state index in [2.05, 4.69) is 4.98 Å². The molecule has 0 fully saturated rings. The Hall–Kier alpha value is -2.04. The zero-order valence-electron chi connectivity index (χ0n) is 7.47. The smallest absolute Gasteiger partial charge is 0.280 e. The van der Waals surface area contributed by atoms with Gasteiger partial charge in [-0.25, -0.2) is 0 Å². The Morgan fingerprint density at radius 3 is 3.00 bits per heavy atom. The molecular formula is C9H8N2O3. The molecule has 72 valence electrons. The third-order valence-corrected chi connectivity index (χ3v) is 1.97. The summed E-state index contributed by atoms with van der Waals surface area (Å²) in [6.45, 7) is 0. The molecular weight excluding hydrogens is 184 g/mol. The van der Waals surface area contributed by atoms with Crippen LogP contribution in [0.2, 0.25) is 0 Å². The lowest BCUT2D eigenvalue weighted by atomic mass is 10.2. The van der Waals surface area contributed by atoms with Gasteiger partial charge in [0.15, 0.2) is 0 Å². The van der Waals surface area contributed by atoms with Gasteiger partial charge in [0.1, 0.15) is 12.1 Å². The third kappa shape index (κ3) is 1.19. The van der Waals surface area contributed by atoms with Crippen molar-refractivity contribution >= 4 is 10.9 Å².